The molecule has 1 atom stereocenters. The van der Waals surface area contributed by atoms with Crippen LogP contribution < -0.4 is 10.5 Å². The number of benzene rings is 2. The molecule has 2 nitrogen and oxygen atoms in total. The molecule has 0 aliphatic rings. The molecule has 0 aromatic heterocycles. The zero-order valence-electron chi connectivity index (χ0n) is 13.4. The van der Waals surface area contributed by atoms with E-state index in [1.165, 1.54) is 11.1 Å². The molecule has 2 rings (SSSR count). The number of aryl methyl sites for hydroxylation is 1. The molecule has 21 heavy (non-hydrogen) atoms. The lowest BCUT2D eigenvalue weighted by Gasteiger charge is -2.33. The lowest BCUT2D eigenvalue weighted by atomic mass is 9.75. The standard InChI is InChI=1S/C19H25NO/c1-5-21-17-12-11-14(2)13-16(17)18(20)19(3,4)15-9-7-6-8-10-15/h6-13,18H,5,20H2,1-4H3. The van der Waals surface area contributed by atoms with E-state index in [-0.39, 0.29) is 11.5 Å². The van der Waals surface area contributed by atoms with Gasteiger partial charge >= 0.3 is 0 Å². The van der Waals surface area contributed by atoms with Crippen LogP contribution in [-0.2, 0) is 5.41 Å². The van der Waals surface area contributed by atoms with Gasteiger partial charge in [0.2, 0.25) is 0 Å². The Morgan fingerprint density at radius 1 is 1.10 bits per heavy atom. The molecule has 2 aromatic carbocycles. The molecule has 0 aliphatic heterocycles. The average molecular weight is 283 g/mol. The minimum atomic E-state index is -0.166. The lowest BCUT2D eigenvalue weighted by Crippen LogP contribution is -2.33. The van der Waals surface area contributed by atoms with E-state index in [1.54, 1.807) is 0 Å². The van der Waals surface area contributed by atoms with Crippen LogP contribution in [0.1, 0.15) is 43.5 Å². The van der Waals surface area contributed by atoms with Crippen LogP contribution in [-0.4, -0.2) is 6.61 Å². The third-order valence-electron chi connectivity index (χ3n) is 4.10. The minimum Gasteiger partial charge on any atom is -0.494 e. The molecular formula is C19H25NO. The lowest BCUT2D eigenvalue weighted by molar-refractivity contribution is 0.324. The van der Waals surface area contributed by atoms with Crippen LogP contribution in [0.25, 0.3) is 0 Å². The van der Waals surface area contributed by atoms with Crippen molar-refractivity contribution >= 4 is 0 Å². The molecule has 112 valence electrons. The number of nitrogens with two attached hydrogens (primary N) is 1. The number of rotatable bonds is 5. The van der Waals surface area contributed by atoms with Gasteiger partial charge in [0.15, 0.2) is 0 Å². The van der Waals surface area contributed by atoms with Gasteiger partial charge in [0.05, 0.1) is 6.61 Å². The fourth-order valence-corrected chi connectivity index (χ4v) is 2.63. The second kappa shape index (κ2) is 6.31. The van der Waals surface area contributed by atoms with Crippen molar-refractivity contribution in [1.82, 2.24) is 0 Å². The number of ether oxygens (including phenoxy) is 1. The molecule has 0 amide bonds. The molecule has 2 N–H and O–H groups in total. The Morgan fingerprint density at radius 3 is 2.38 bits per heavy atom. The van der Waals surface area contributed by atoms with Crippen molar-refractivity contribution < 1.29 is 4.74 Å². The zero-order valence-corrected chi connectivity index (χ0v) is 13.4. The summed E-state index contributed by atoms with van der Waals surface area (Å²) in [5.74, 6) is 0.889. The number of hydrogen-bond donors (Lipinski definition) is 1. The molecule has 2 aromatic rings. The predicted molar refractivity (Wildman–Crippen MR) is 88.7 cm³/mol. The Balaban J connectivity index is 2.43. The Kier molecular flexibility index (Phi) is 4.69. The molecule has 0 spiro atoms. The SMILES string of the molecule is CCOc1ccc(C)cc1C(N)C(C)(C)c1ccccc1. The first-order valence-electron chi connectivity index (χ1n) is 7.51. The molecule has 1 unspecified atom stereocenters. The first kappa shape index (κ1) is 15.6. The van der Waals surface area contributed by atoms with Crippen molar-refractivity contribution in [1.29, 1.82) is 0 Å². The summed E-state index contributed by atoms with van der Waals surface area (Å²) in [7, 11) is 0. The summed E-state index contributed by atoms with van der Waals surface area (Å²) < 4.78 is 5.76. The van der Waals surface area contributed by atoms with Gasteiger partial charge in [0.1, 0.15) is 5.75 Å². The van der Waals surface area contributed by atoms with Crippen LogP contribution in [0.5, 0.6) is 5.75 Å². The van der Waals surface area contributed by atoms with Crippen molar-refractivity contribution in [2.24, 2.45) is 5.73 Å². The smallest absolute Gasteiger partial charge is 0.124 e. The summed E-state index contributed by atoms with van der Waals surface area (Å²) in [6, 6.07) is 16.5. The summed E-state index contributed by atoms with van der Waals surface area (Å²) >= 11 is 0. The number of hydrogen-bond acceptors (Lipinski definition) is 2. The van der Waals surface area contributed by atoms with Gasteiger partial charge in [-0.25, -0.2) is 0 Å². The molecule has 0 heterocycles. The van der Waals surface area contributed by atoms with E-state index in [0.29, 0.717) is 6.61 Å². The highest BCUT2D eigenvalue weighted by atomic mass is 16.5. The van der Waals surface area contributed by atoms with Crippen LogP contribution in [0.15, 0.2) is 48.5 Å². The fraction of sp³-hybridized carbons (Fsp3) is 0.368. The average Bonchev–Trinajstić information content (AvgIpc) is 2.49. The summed E-state index contributed by atoms with van der Waals surface area (Å²) in [6.07, 6.45) is 0. The maximum Gasteiger partial charge on any atom is 0.124 e. The van der Waals surface area contributed by atoms with Gasteiger partial charge in [-0.3, -0.25) is 0 Å². The quantitative estimate of drug-likeness (QED) is 0.884. The highest BCUT2D eigenvalue weighted by molar-refractivity contribution is 5.42. The van der Waals surface area contributed by atoms with Crippen LogP contribution in [0.2, 0.25) is 0 Å². The molecule has 0 radical (unpaired) electrons. The highest BCUT2D eigenvalue weighted by Gasteiger charge is 2.31. The first-order chi connectivity index (χ1) is 9.96. The largest absolute Gasteiger partial charge is 0.494 e. The summed E-state index contributed by atoms with van der Waals surface area (Å²) in [5.41, 5.74) is 9.97. The van der Waals surface area contributed by atoms with Crippen LogP contribution in [0.3, 0.4) is 0 Å². The zero-order chi connectivity index (χ0) is 15.5. The topological polar surface area (TPSA) is 35.2 Å². The van der Waals surface area contributed by atoms with Crippen molar-refractivity contribution in [3.63, 3.8) is 0 Å². The van der Waals surface area contributed by atoms with Gasteiger partial charge in [0.25, 0.3) is 0 Å². The van der Waals surface area contributed by atoms with Crippen molar-refractivity contribution in [3.05, 3.63) is 65.2 Å². The van der Waals surface area contributed by atoms with E-state index in [1.807, 2.05) is 19.1 Å². The Labute approximate surface area is 127 Å². The molecule has 0 saturated carbocycles. The van der Waals surface area contributed by atoms with E-state index in [9.17, 15) is 0 Å². The first-order valence-corrected chi connectivity index (χ1v) is 7.51. The van der Waals surface area contributed by atoms with Gasteiger partial charge in [-0.05, 0) is 25.5 Å². The summed E-state index contributed by atoms with van der Waals surface area (Å²) in [4.78, 5) is 0. The second-order valence-electron chi connectivity index (χ2n) is 6.04. The predicted octanol–water partition coefficient (Wildman–Crippen LogP) is 4.37. The second-order valence-corrected chi connectivity index (χ2v) is 6.04. The third-order valence-corrected chi connectivity index (χ3v) is 4.10. The van der Waals surface area contributed by atoms with Crippen molar-refractivity contribution in [3.8, 4) is 5.75 Å². The molecule has 2 heteroatoms. The van der Waals surface area contributed by atoms with Crippen LogP contribution >= 0.6 is 0 Å². The molecule has 0 bridgehead atoms. The Morgan fingerprint density at radius 2 is 1.76 bits per heavy atom. The monoisotopic (exact) mass is 283 g/mol. The van der Waals surface area contributed by atoms with Crippen molar-refractivity contribution in [2.75, 3.05) is 6.61 Å². The molecule has 0 fully saturated rings. The van der Waals surface area contributed by atoms with Crippen LogP contribution in [0.4, 0.5) is 0 Å². The van der Waals surface area contributed by atoms with Gasteiger partial charge in [-0.2, -0.15) is 0 Å². The molecule has 0 saturated heterocycles. The summed E-state index contributed by atoms with van der Waals surface area (Å²) in [6.45, 7) is 9.10. The van der Waals surface area contributed by atoms with Gasteiger partial charge in [0, 0.05) is 17.0 Å². The van der Waals surface area contributed by atoms with Gasteiger partial charge in [-0.15, -0.1) is 0 Å². The van der Waals surface area contributed by atoms with E-state index < -0.39 is 0 Å². The maximum atomic E-state index is 6.62. The van der Waals surface area contributed by atoms with Crippen molar-refractivity contribution in [2.45, 2.75) is 39.2 Å². The Bertz CT molecular complexity index is 590. The van der Waals surface area contributed by atoms with Gasteiger partial charge in [-0.1, -0.05) is 61.9 Å². The van der Waals surface area contributed by atoms with E-state index in [0.717, 1.165) is 11.3 Å². The van der Waals surface area contributed by atoms with E-state index in [4.69, 9.17) is 10.5 Å². The van der Waals surface area contributed by atoms with E-state index >= 15 is 0 Å². The van der Waals surface area contributed by atoms with Gasteiger partial charge < -0.3 is 10.5 Å². The summed E-state index contributed by atoms with van der Waals surface area (Å²) in [5, 5.41) is 0. The highest BCUT2D eigenvalue weighted by Crippen LogP contribution is 2.39. The van der Waals surface area contributed by atoms with E-state index in [2.05, 4.69) is 57.2 Å². The fourth-order valence-electron chi connectivity index (χ4n) is 2.63. The maximum absolute atomic E-state index is 6.62. The van der Waals surface area contributed by atoms with Crippen LogP contribution in [0, 0.1) is 6.92 Å². The normalized spacial score (nSPS) is 13.0. The molecule has 0 aliphatic carbocycles. The Hall–Kier alpha value is -1.80. The molecular weight excluding hydrogens is 258 g/mol. The minimum absolute atomic E-state index is 0.124. The third kappa shape index (κ3) is 3.27.